The molecule has 0 saturated heterocycles. The SMILES string of the molecule is COc1ccccc1Sc1ccc(CCN)cc1. The number of hydrogen-bond acceptors (Lipinski definition) is 3. The Hall–Kier alpha value is -1.45. The van der Waals surface area contributed by atoms with E-state index < -0.39 is 0 Å². The molecule has 2 nitrogen and oxygen atoms in total. The van der Waals surface area contributed by atoms with E-state index in [0.717, 1.165) is 17.1 Å². The highest BCUT2D eigenvalue weighted by molar-refractivity contribution is 7.99. The van der Waals surface area contributed by atoms with Crippen LogP contribution in [0.3, 0.4) is 0 Å². The first-order valence-electron chi connectivity index (χ1n) is 5.93. The second kappa shape index (κ2) is 6.47. The van der Waals surface area contributed by atoms with E-state index in [4.69, 9.17) is 10.5 Å². The van der Waals surface area contributed by atoms with Crippen LogP contribution in [0.15, 0.2) is 58.3 Å². The van der Waals surface area contributed by atoms with E-state index >= 15 is 0 Å². The van der Waals surface area contributed by atoms with Gasteiger partial charge in [-0.05, 0) is 42.8 Å². The van der Waals surface area contributed by atoms with Gasteiger partial charge in [-0.3, -0.25) is 0 Å². The molecule has 0 amide bonds. The zero-order chi connectivity index (χ0) is 12.8. The van der Waals surface area contributed by atoms with Gasteiger partial charge in [-0.25, -0.2) is 0 Å². The van der Waals surface area contributed by atoms with Crippen LogP contribution in [0.1, 0.15) is 5.56 Å². The van der Waals surface area contributed by atoms with Crippen molar-refractivity contribution in [3.05, 3.63) is 54.1 Å². The lowest BCUT2D eigenvalue weighted by molar-refractivity contribution is 0.405. The summed E-state index contributed by atoms with van der Waals surface area (Å²) >= 11 is 1.71. The summed E-state index contributed by atoms with van der Waals surface area (Å²) < 4.78 is 5.34. The molecule has 0 atom stereocenters. The molecule has 94 valence electrons. The number of para-hydroxylation sites is 1. The highest BCUT2D eigenvalue weighted by atomic mass is 32.2. The number of benzene rings is 2. The summed E-state index contributed by atoms with van der Waals surface area (Å²) in [4.78, 5) is 2.34. The Morgan fingerprint density at radius 1 is 1.06 bits per heavy atom. The van der Waals surface area contributed by atoms with Crippen LogP contribution in [0.25, 0.3) is 0 Å². The number of methoxy groups -OCH3 is 1. The van der Waals surface area contributed by atoms with Gasteiger partial charge in [0.2, 0.25) is 0 Å². The van der Waals surface area contributed by atoms with Gasteiger partial charge in [-0.1, -0.05) is 36.0 Å². The van der Waals surface area contributed by atoms with Crippen molar-refractivity contribution in [2.24, 2.45) is 5.73 Å². The summed E-state index contributed by atoms with van der Waals surface area (Å²) in [6.45, 7) is 0.693. The van der Waals surface area contributed by atoms with Crippen molar-refractivity contribution in [1.82, 2.24) is 0 Å². The lowest BCUT2D eigenvalue weighted by Gasteiger charge is -2.08. The first kappa shape index (κ1) is 13.0. The number of hydrogen-bond donors (Lipinski definition) is 1. The van der Waals surface area contributed by atoms with Gasteiger partial charge in [0.1, 0.15) is 5.75 Å². The minimum Gasteiger partial charge on any atom is -0.496 e. The molecule has 0 spiro atoms. The van der Waals surface area contributed by atoms with Gasteiger partial charge in [0.15, 0.2) is 0 Å². The molecule has 0 fully saturated rings. The van der Waals surface area contributed by atoms with Crippen LogP contribution in [-0.2, 0) is 6.42 Å². The molecule has 0 aliphatic rings. The number of nitrogens with two attached hydrogens (primary N) is 1. The normalized spacial score (nSPS) is 10.3. The molecule has 0 aliphatic heterocycles. The maximum Gasteiger partial charge on any atom is 0.132 e. The van der Waals surface area contributed by atoms with Crippen molar-refractivity contribution < 1.29 is 4.74 Å². The van der Waals surface area contributed by atoms with Gasteiger partial charge in [-0.2, -0.15) is 0 Å². The molecule has 0 aliphatic carbocycles. The maximum atomic E-state index is 5.54. The average molecular weight is 259 g/mol. The molecule has 0 aromatic heterocycles. The molecular formula is C15H17NOS. The Morgan fingerprint density at radius 2 is 1.78 bits per heavy atom. The second-order valence-electron chi connectivity index (χ2n) is 3.94. The van der Waals surface area contributed by atoms with E-state index in [-0.39, 0.29) is 0 Å². The molecular weight excluding hydrogens is 242 g/mol. The van der Waals surface area contributed by atoms with Gasteiger partial charge in [0, 0.05) is 4.90 Å². The predicted molar refractivity (Wildman–Crippen MR) is 76.3 cm³/mol. The molecule has 2 N–H and O–H groups in total. The molecule has 2 aromatic rings. The predicted octanol–water partition coefficient (Wildman–Crippen LogP) is 3.35. The van der Waals surface area contributed by atoms with E-state index in [2.05, 4.69) is 30.3 Å². The van der Waals surface area contributed by atoms with E-state index in [1.165, 1.54) is 10.5 Å². The van der Waals surface area contributed by atoms with Gasteiger partial charge < -0.3 is 10.5 Å². The number of ether oxygens (including phenoxy) is 1. The minimum absolute atomic E-state index is 0.693. The van der Waals surface area contributed by atoms with Crippen LogP contribution in [0.2, 0.25) is 0 Å². The van der Waals surface area contributed by atoms with Gasteiger partial charge in [0.05, 0.1) is 12.0 Å². The topological polar surface area (TPSA) is 35.2 Å². The van der Waals surface area contributed by atoms with Crippen molar-refractivity contribution in [2.45, 2.75) is 16.2 Å². The van der Waals surface area contributed by atoms with Crippen LogP contribution in [-0.4, -0.2) is 13.7 Å². The zero-order valence-corrected chi connectivity index (χ0v) is 11.2. The molecule has 0 unspecified atom stereocenters. The Kier molecular flexibility index (Phi) is 4.67. The smallest absolute Gasteiger partial charge is 0.132 e. The third-order valence-corrected chi connectivity index (χ3v) is 3.72. The molecule has 0 saturated carbocycles. The largest absolute Gasteiger partial charge is 0.496 e. The summed E-state index contributed by atoms with van der Waals surface area (Å²) in [7, 11) is 1.70. The lowest BCUT2D eigenvalue weighted by Crippen LogP contribution is -2.02. The van der Waals surface area contributed by atoms with E-state index in [1.54, 1.807) is 18.9 Å². The van der Waals surface area contributed by atoms with Crippen LogP contribution in [0, 0.1) is 0 Å². The summed E-state index contributed by atoms with van der Waals surface area (Å²) in [5, 5.41) is 0. The fourth-order valence-electron chi connectivity index (χ4n) is 1.72. The standard InChI is InChI=1S/C15H17NOS/c1-17-14-4-2-3-5-15(14)18-13-8-6-12(7-9-13)10-11-16/h2-9H,10-11,16H2,1H3. The van der Waals surface area contributed by atoms with Gasteiger partial charge in [0.25, 0.3) is 0 Å². The monoisotopic (exact) mass is 259 g/mol. The summed E-state index contributed by atoms with van der Waals surface area (Å²) in [6, 6.07) is 16.6. The highest BCUT2D eigenvalue weighted by Gasteiger charge is 2.03. The van der Waals surface area contributed by atoms with Crippen molar-refractivity contribution in [2.75, 3.05) is 13.7 Å². The fourth-order valence-corrected chi connectivity index (χ4v) is 2.65. The van der Waals surface area contributed by atoms with Crippen molar-refractivity contribution in [3.8, 4) is 5.75 Å². The van der Waals surface area contributed by atoms with Crippen LogP contribution in [0.4, 0.5) is 0 Å². The summed E-state index contributed by atoms with van der Waals surface area (Å²) in [5.41, 5.74) is 6.82. The quantitative estimate of drug-likeness (QED) is 0.894. The Bertz CT molecular complexity index is 496. The molecule has 0 radical (unpaired) electrons. The molecule has 3 heteroatoms. The minimum atomic E-state index is 0.693. The maximum absolute atomic E-state index is 5.54. The van der Waals surface area contributed by atoms with E-state index in [9.17, 15) is 0 Å². The van der Waals surface area contributed by atoms with Gasteiger partial charge >= 0.3 is 0 Å². The zero-order valence-electron chi connectivity index (χ0n) is 10.4. The number of rotatable bonds is 5. The first-order chi connectivity index (χ1) is 8.83. The fraction of sp³-hybridized carbons (Fsp3) is 0.200. The Balaban J connectivity index is 2.13. The Labute approximate surface area is 112 Å². The molecule has 18 heavy (non-hydrogen) atoms. The molecule has 0 bridgehead atoms. The summed E-state index contributed by atoms with van der Waals surface area (Å²) in [5.74, 6) is 0.911. The van der Waals surface area contributed by atoms with E-state index in [0.29, 0.717) is 6.54 Å². The molecule has 0 heterocycles. The van der Waals surface area contributed by atoms with Crippen molar-refractivity contribution in [3.63, 3.8) is 0 Å². The second-order valence-corrected chi connectivity index (χ2v) is 5.05. The highest BCUT2D eigenvalue weighted by Crippen LogP contribution is 2.34. The van der Waals surface area contributed by atoms with Gasteiger partial charge in [-0.15, -0.1) is 0 Å². The van der Waals surface area contributed by atoms with Crippen molar-refractivity contribution in [1.29, 1.82) is 0 Å². The average Bonchev–Trinajstić information content (AvgIpc) is 2.42. The van der Waals surface area contributed by atoms with Crippen LogP contribution >= 0.6 is 11.8 Å². The Morgan fingerprint density at radius 3 is 2.44 bits per heavy atom. The molecule has 2 rings (SSSR count). The lowest BCUT2D eigenvalue weighted by atomic mass is 10.2. The third kappa shape index (κ3) is 3.28. The van der Waals surface area contributed by atoms with Crippen molar-refractivity contribution >= 4 is 11.8 Å². The van der Waals surface area contributed by atoms with E-state index in [1.807, 2.05) is 18.2 Å². The first-order valence-corrected chi connectivity index (χ1v) is 6.75. The van der Waals surface area contributed by atoms with Crippen LogP contribution < -0.4 is 10.5 Å². The molecule has 2 aromatic carbocycles. The van der Waals surface area contributed by atoms with Crippen LogP contribution in [0.5, 0.6) is 5.75 Å². The summed E-state index contributed by atoms with van der Waals surface area (Å²) in [6.07, 6.45) is 0.930. The third-order valence-electron chi connectivity index (χ3n) is 2.65.